The van der Waals surface area contributed by atoms with Crippen LogP contribution in [-0.2, 0) is 22.6 Å². The van der Waals surface area contributed by atoms with Crippen LogP contribution in [0.2, 0.25) is 0 Å². The fourth-order valence-electron chi connectivity index (χ4n) is 4.05. The topological polar surface area (TPSA) is 88.1 Å². The second-order valence-corrected chi connectivity index (χ2v) is 8.67. The Bertz CT molecular complexity index is 1090. The van der Waals surface area contributed by atoms with Crippen LogP contribution in [0.5, 0.6) is 11.5 Å². The van der Waals surface area contributed by atoms with Crippen molar-refractivity contribution in [2.24, 2.45) is 0 Å². The molecule has 0 unspecified atom stereocenters. The van der Waals surface area contributed by atoms with Gasteiger partial charge in [0.15, 0.2) is 0 Å². The molecule has 0 saturated carbocycles. The summed E-state index contributed by atoms with van der Waals surface area (Å²) in [4.78, 5) is 24.8. The molecule has 0 aliphatic carbocycles. The highest BCUT2D eigenvalue weighted by Gasteiger charge is 2.32. The van der Waals surface area contributed by atoms with E-state index in [0.717, 1.165) is 16.8 Å². The molecule has 1 aliphatic rings. The Morgan fingerprint density at radius 1 is 1.17 bits per heavy atom. The number of nitrogens with zero attached hydrogens (tertiary/aromatic N) is 1. The summed E-state index contributed by atoms with van der Waals surface area (Å²) < 4.78 is 48.7. The van der Waals surface area contributed by atoms with Crippen LogP contribution >= 0.6 is 12.4 Å². The van der Waals surface area contributed by atoms with Crippen molar-refractivity contribution in [2.45, 2.75) is 52.5 Å². The third-order valence-corrected chi connectivity index (χ3v) is 5.81. The first-order valence-electron chi connectivity index (χ1n) is 11.3. The van der Waals surface area contributed by atoms with Crippen LogP contribution < -0.4 is 19.7 Å². The molecular weight excluding hydrogens is 501 g/mol. The minimum Gasteiger partial charge on any atom is -0.489 e. The maximum absolute atomic E-state index is 12.8. The summed E-state index contributed by atoms with van der Waals surface area (Å²) in [6, 6.07) is 8.23. The van der Waals surface area contributed by atoms with Gasteiger partial charge in [-0.2, -0.15) is 0 Å². The molecule has 3 rings (SSSR count). The highest BCUT2D eigenvalue weighted by atomic mass is 35.5. The van der Waals surface area contributed by atoms with E-state index in [2.05, 4.69) is 10.1 Å². The van der Waals surface area contributed by atoms with Gasteiger partial charge in [0.25, 0.3) is 0 Å². The summed E-state index contributed by atoms with van der Waals surface area (Å²) in [6.07, 6.45) is -4.20. The molecule has 11 heteroatoms. The van der Waals surface area contributed by atoms with E-state index in [4.69, 9.17) is 9.84 Å². The van der Waals surface area contributed by atoms with Gasteiger partial charge in [-0.1, -0.05) is 26.0 Å². The van der Waals surface area contributed by atoms with Crippen LogP contribution in [-0.4, -0.2) is 43.0 Å². The lowest BCUT2D eigenvalue weighted by Gasteiger charge is -2.19. The lowest BCUT2D eigenvalue weighted by atomic mass is 10.0. The summed E-state index contributed by atoms with van der Waals surface area (Å²) in [7, 11) is 0. The van der Waals surface area contributed by atoms with E-state index in [1.165, 1.54) is 6.07 Å². The Morgan fingerprint density at radius 3 is 2.53 bits per heavy atom. The maximum atomic E-state index is 12.8. The molecule has 0 radical (unpaired) electrons. The number of nitrogens with one attached hydrogen (secondary N) is 1. The van der Waals surface area contributed by atoms with Crippen molar-refractivity contribution in [1.29, 1.82) is 0 Å². The zero-order valence-corrected chi connectivity index (χ0v) is 21.1. The normalized spacial score (nSPS) is 12.8. The van der Waals surface area contributed by atoms with Crippen molar-refractivity contribution < 1.29 is 37.3 Å². The largest absolute Gasteiger partial charge is 0.573 e. The van der Waals surface area contributed by atoms with Crippen molar-refractivity contribution in [1.82, 2.24) is 5.32 Å². The average Bonchev–Trinajstić information content (AvgIpc) is 3.20. The first kappa shape index (κ1) is 29.3. The van der Waals surface area contributed by atoms with Crippen LogP contribution in [0.15, 0.2) is 30.3 Å². The van der Waals surface area contributed by atoms with Gasteiger partial charge in [-0.15, -0.1) is 25.6 Å². The minimum absolute atomic E-state index is 0. The Kier molecular flexibility index (Phi) is 10.0. The van der Waals surface area contributed by atoms with E-state index in [1.807, 2.05) is 6.92 Å². The quantitative estimate of drug-likeness (QED) is 0.422. The number of halogens is 4. The lowest BCUT2D eigenvalue weighted by molar-refractivity contribution is -0.275. The number of carboxylic acid groups (broad SMARTS) is 1. The van der Waals surface area contributed by atoms with Gasteiger partial charge in [-0.3, -0.25) is 9.59 Å². The monoisotopic (exact) mass is 530 g/mol. The van der Waals surface area contributed by atoms with Crippen LogP contribution in [0.3, 0.4) is 0 Å². The maximum Gasteiger partial charge on any atom is 0.573 e. The number of carboxylic acids is 1. The van der Waals surface area contributed by atoms with Crippen LogP contribution in [0.4, 0.5) is 18.9 Å². The average molecular weight is 531 g/mol. The van der Waals surface area contributed by atoms with E-state index in [0.29, 0.717) is 29.8 Å². The summed E-state index contributed by atoms with van der Waals surface area (Å²) in [5.41, 5.74) is 3.61. The lowest BCUT2D eigenvalue weighted by Crippen LogP contribution is -2.37. The number of fused-ring (bicyclic) bond motifs is 1. The van der Waals surface area contributed by atoms with Crippen molar-refractivity contribution in [3.05, 3.63) is 52.6 Å². The Labute approximate surface area is 214 Å². The van der Waals surface area contributed by atoms with Gasteiger partial charge < -0.3 is 24.8 Å². The number of aliphatic carboxylic acids is 1. The molecule has 0 spiro atoms. The van der Waals surface area contributed by atoms with Gasteiger partial charge in [-0.05, 0) is 59.7 Å². The molecule has 1 aliphatic heterocycles. The molecule has 36 heavy (non-hydrogen) atoms. The van der Waals surface area contributed by atoms with E-state index in [-0.39, 0.29) is 56.1 Å². The van der Waals surface area contributed by atoms with Crippen molar-refractivity contribution >= 4 is 30.0 Å². The minimum atomic E-state index is -4.78. The standard InChI is InChI=1S/C25H29F3N2O5.ClH/c1-15(2)18-5-4-17(12-22(18)35-25(26,27)28)14-34-21-7-6-20-19(16(21)3)9-11-30(20)23(31)13-29-10-8-24(32)33;/h4-7,12,15,29H,8-11,13-14H2,1-3H3,(H,32,33);1H. The van der Waals surface area contributed by atoms with E-state index in [9.17, 15) is 22.8 Å². The van der Waals surface area contributed by atoms with E-state index >= 15 is 0 Å². The Morgan fingerprint density at radius 2 is 1.89 bits per heavy atom. The highest BCUT2D eigenvalue weighted by molar-refractivity contribution is 5.97. The first-order chi connectivity index (χ1) is 16.5. The van der Waals surface area contributed by atoms with Crippen LogP contribution in [0.25, 0.3) is 0 Å². The summed E-state index contributed by atoms with van der Waals surface area (Å²) in [5.74, 6) is -0.863. The van der Waals surface area contributed by atoms with Crippen molar-refractivity contribution in [2.75, 3.05) is 24.5 Å². The molecule has 2 N–H and O–H groups in total. The van der Waals surface area contributed by atoms with Crippen molar-refractivity contribution in [3.63, 3.8) is 0 Å². The van der Waals surface area contributed by atoms with E-state index in [1.54, 1.807) is 43.0 Å². The summed E-state index contributed by atoms with van der Waals surface area (Å²) in [6.45, 7) is 6.29. The van der Waals surface area contributed by atoms with Crippen LogP contribution in [0.1, 0.15) is 48.4 Å². The molecule has 0 fully saturated rings. The Balaban J connectivity index is 0.00000456. The number of rotatable bonds is 10. The number of anilines is 1. The fraction of sp³-hybridized carbons (Fsp3) is 0.440. The van der Waals surface area contributed by atoms with E-state index < -0.39 is 12.3 Å². The zero-order valence-electron chi connectivity index (χ0n) is 20.3. The summed E-state index contributed by atoms with van der Waals surface area (Å²) in [5, 5.41) is 11.5. The number of alkyl halides is 3. The third kappa shape index (κ3) is 7.51. The molecule has 2 aromatic rings. The smallest absolute Gasteiger partial charge is 0.489 e. The van der Waals surface area contributed by atoms with Gasteiger partial charge in [0.2, 0.25) is 5.91 Å². The molecule has 0 aromatic heterocycles. The predicted molar refractivity (Wildman–Crippen MR) is 131 cm³/mol. The molecule has 1 heterocycles. The number of hydrogen-bond acceptors (Lipinski definition) is 5. The molecule has 0 bridgehead atoms. The second kappa shape index (κ2) is 12.3. The van der Waals surface area contributed by atoms with Crippen LogP contribution in [0, 0.1) is 6.92 Å². The molecule has 0 saturated heterocycles. The SMILES string of the molecule is Cc1c(OCc2ccc(C(C)C)c(OC(F)(F)F)c2)ccc2c1CCN2C(=O)CNCCC(=O)O.Cl. The van der Waals surface area contributed by atoms with Gasteiger partial charge in [0.05, 0.1) is 13.0 Å². The summed E-state index contributed by atoms with van der Waals surface area (Å²) >= 11 is 0. The van der Waals surface area contributed by atoms with Gasteiger partial charge in [0.1, 0.15) is 18.1 Å². The number of hydrogen-bond donors (Lipinski definition) is 2. The van der Waals surface area contributed by atoms with Gasteiger partial charge >= 0.3 is 12.3 Å². The zero-order chi connectivity index (χ0) is 25.8. The van der Waals surface area contributed by atoms with Gasteiger partial charge in [0, 0.05) is 18.8 Å². The van der Waals surface area contributed by atoms with Crippen molar-refractivity contribution in [3.8, 4) is 11.5 Å². The molecule has 7 nitrogen and oxygen atoms in total. The highest BCUT2D eigenvalue weighted by Crippen LogP contribution is 2.36. The number of amides is 1. The third-order valence-electron chi connectivity index (χ3n) is 5.81. The number of carbonyl (C=O) groups is 2. The number of ether oxygens (including phenoxy) is 2. The molecule has 0 atom stereocenters. The fourth-order valence-corrected chi connectivity index (χ4v) is 4.05. The predicted octanol–water partition coefficient (Wildman–Crippen LogP) is 4.97. The van der Waals surface area contributed by atoms with Gasteiger partial charge in [-0.25, -0.2) is 0 Å². The number of benzene rings is 2. The molecule has 2 aromatic carbocycles. The Hall–Kier alpha value is -2.98. The first-order valence-corrected chi connectivity index (χ1v) is 11.3. The second-order valence-electron chi connectivity index (χ2n) is 8.67. The molecular formula is C25H30ClF3N2O5. The number of carbonyl (C=O) groups excluding carboxylic acids is 1. The molecule has 198 valence electrons. The molecule has 1 amide bonds.